The standard InChI is InChI=1S/C12H18N4O4S/c1-2-9-8-4-13-3-7(8)6-16(9)21(19,20)10-5-14-12(18)15-11(10)17/h5,7-9,13H,2-4,6H2,1H3,(H2,14,15,17,18). The molecular formula is C12H18N4O4S. The SMILES string of the molecule is CCC1C2CNCC2CN1S(=O)(=O)c1c[nH]c(=O)[nH]c1=O. The van der Waals surface area contributed by atoms with Crippen LogP contribution in [0.2, 0.25) is 0 Å². The van der Waals surface area contributed by atoms with Crippen LogP contribution in [0.25, 0.3) is 0 Å². The lowest BCUT2D eigenvalue weighted by atomic mass is 9.93. The summed E-state index contributed by atoms with van der Waals surface area (Å²) in [6, 6.07) is -0.110. The van der Waals surface area contributed by atoms with E-state index in [4.69, 9.17) is 0 Å². The van der Waals surface area contributed by atoms with Crippen molar-refractivity contribution in [3.63, 3.8) is 0 Å². The Morgan fingerprint density at radius 3 is 2.76 bits per heavy atom. The predicted molar refractivity (Wildman–Crippen MR) is 75.5 cm³/mol. The predicted octanol–water partition coefficient (Wildman–Crippen LogP) is -1.32. The first-order valence-electron chi connectivity index (χ1n) is 6.99. The van der Waals surface area contributed by atoms with Crippen molar-refractivity contribution < 1.29 is 8.42 Å². The molecule has 116 valence electrons. The fourth-order valence-electron chi connectivity index (χ4n) is 3.48. The van der Waals surface area contributed by atoms with Gasteiger partial charge in [-0.3, -0.25) is 9.78 Å². The van der Waals surface area contributed by atoms with Crippen molar-refractivity contribution in [2.75, 3.05) is 19.6 Å². The van der Waals surface area contributed by atoms with Gasteiger partial charge in [-0.05, 0) is 31.3 Å². The summed E-state index contributed by atoms with van der Waals surface area (Å²) in [6.45, 7) is 3.97. The van der Waals surface area contributed by atoms with Gasteiger partial charge in [-0.2, -0.15) is 4.31 Å². The van der Waals surface area contributed by atoms with Gasteiger partial charge >= 0.3 is 5.69 Å². The van der Waals surface area contributed by atoms with Crippen molar-refractivity contribution in [3.8, 4) is 0 Å². The van der Waals surface area contributed by atoms with Crippen LogP contribution in [-0.2, 0) is 10.0 Å². The molecule has 3 heterocycles. The quantitative estimate of drug-likeness (QED) is 0.640. The molecule has 3 unspecified atom stereocenters. The molecule has 0 radical (unpaired) electrons. The van der Waals surface area contributed by atoms with Crippen LogP contribution in [0.1, 0.15) is 13.3 Å². The van der Waals surface area contributed by atoms with E-state index in [1.54, 1.807) is 0 Å². The van der Waals surface area contributed by atoms with Gasteiger partial charge in [0.25, 0.3) is 5.56 Å². The van der Waals surface area contributed by atoms with E-state index in [1.165, 1.54) is 4.31 Å². The van der Waals surface area contributed by atoms with Crippen molar-refractivity contribution in [2.45, 2.75) is 24.3 Å². The van der Waals surface area contributed by atoms with Gasteiger partial charge in [0.2, 0.25) is 10.0 Å². The first-order valence-corrected chi connectivity index (χ1v) is 8.43. The van der Waals surface area contributed by atoms with Gasteiger partial charge in [-0.15, -0.1) is 0 Å². The topological polar surface area (TPSA) is 115 Å². The van der Waals surface area contributed by atoms with Gasteiger partial charge in [0.05, 0.1) is 0 Å². The van der Waals surface area contributed by atoms with E-state index in [0.717, 1.165) is 19.3 Å². The Hall–Kier alpha value is -1.45. The molecular weight excluding hydrogens is 296 g/mol. The number of nitrogens with zero attached hydrogens (tertiary/aromatic N) is 1. The molecule has 0 bridgehead atoms. The molecule has 3 N–H and O–H groups in total. The Morgan fingerprint density at radius 1 is 1.33 bits per heavy atom. The molecule has 21 heavy (non-hydrogen) atoms. The van der Waals surface area contributed by atoms with E-state index in [2.05, 4.69) is 10.3 Å². The monoisotopic (exact) mass is 314 g/mol. The molecule has 0 spiro atoms. The summed E-state index contributed by atoms with van der Waals surface area (Å²) in [5.41, 5.74) is -1.59. The van der Waals surface area contributed by atoms with Crippen molar-refractivity contribution in [2.24, 2.45) is 11.8 Å². The number of aromatic amines is 2. The maximum absolute atomic E-state index is 12.7. The third-order valence-corrected chi connectivity index (χ3v) is 6.36. The van der Waals surface area contributed by atoms with Crippen LogP contribution in [-0.4, -0.2) is 48.4 Å². The third kappa shape index (κ3) is 2.25. The number of hydrogen-bond acceptors (Lipinski definition) is 5. The van der Waals surface area contributed by atoms with E-state index < -0.39 is 26.2 Å². The Labute approximate surface area is 121 Å². The van der Waals surface area contributed by atoms with Crippen LogP contribution in [0, 0.1) is 11.8 Å². The largest absolute Gasteiger partial charge is 0.325 e. The molecule has 2 aliphatic heterocycles. The first-order chi connectivity index (χ1) is 9.95. The van der Waals surface area contributed by atoms with Crippen LogP contribution in [0.5, 0.6) is 0 Å². The first kappa shape index (κ1) is 14.5. The van der Waals surface area contributed by atoms with E-state index in [9.17, 15) is 18.0 Å². The van der Waals surface area contributed by atoms with E-state index in [-0.39, 0.29) is 17.9 Å². The van der Waals surface area contributed by atoms with Crippen LogP contribution < -0.4 is 16.6 Å². The van der Waals surface area contributed by atoms with Gasteiger partial charge in [-0.1, -0.05) is 6.92 Å². The minimum atomic E-state index is -3.90. The zero-order chi connectivity index (χ0) is 15.2. The summed E-state index contributed by atoms with van der Waals surface area (Å²) in [5, 5.41) is 3.28. The van der Waals surface area contributed by atoms with E-state index in [1.807, 2.05) is 11.9 Å². The molecule has 8 nitrogen and oxygen atoms in total. The number of hydrogen-bond donors (Lipinski definition) is 3. The highest BCUT2D eigenvalue weighted by Crippen LogP contribution is 2.37. The molecule has 2 fully saturated rings. The molecule has 3 atom stereocenters. The zero-order valence-electron chi connectivity index (χ0n) is 11.6. The third-order valence-electron chi connectivity index (χ3n) is 4.46. The van der Waals surface area contributed by atoms with Gasteiger partial charge < -0.3 is 10.3 Å². The minimum Gasteiger partial charge on any atom is -0.316 e. The molecule has 2 aliphatic rings. The summed E-state index contributed by atoms with van der Waals surface area (Å²) < 4.78 is 26.9. The second-order valence-electron chi connectivity index (χ2n) is 5.57. The molecule has 0 aromatic carbocycles. The van der Waals surface area contributed by atoms with Crippen molar-refractivity contribution in [1.82, 2.24) is 19.6 Å². The summed E-state index contributed by atoms with van der Waals surface area (Å²) in [4.78, 5) is 26.6. The van der Waals surface area contributed by atoms with Gasteiger partial charge in [0, 0.05) is 18.8 Å². The van der Waals surface area contributed by atoms with Crippen LogP contribution in [0.3, 0.4) is 0 Å². The smallest absolute Gasteiger partial charge is 0.316 e. The fourth-order valence-corrected chi connectivity index (χ4v) is 5.28. The Bertz CT molecular complexity index is 753. The van der Waals surface area contributed by atoms with Gasteiger partial charge in [-0.25, -0.2) is 13.2 Å². The number of rotatable bonds is 3. The molecule has 0 aliphatic carbocycles. The lowest BCUT2D eigenvalue weighted by molar-refractivity contribution is 0.328. The molecule has 3 rings (SSSR count). The maximum atomic E-state index is 12.7. The van der Waals surface area contributed by atoms with Gasteiger partial charge in [0.15, 0.2) is 4.90 Å². The highest BCUT2D eigenvalue weighted by Gasteiger charge is 2.48. The zero-order valence-corrected chi connectivity index (χ0v) is 12.4. The molecule has 1 aromatic rings. The molecule has 9 heteroatoms. The maximum Gasteiger partial charge on any atom is 0.325 e. The average Bonchev–Trinajstić information content (AvgIpc) is 2.97. The normalized spacial score (nSPS) is 29.7. The number of nitrogens with one attached hydrogen (secondary N) is 3. The lowest BCUT2D eigenvalue weighted by Gasteiger charge is -2.25. The van der Waals surface area contributed by atoms with E-state index in [0.29, 0.717) is 13.0 Å². The second kappa shape index (κ2) is 5.08. The average molecular weight is 314 g/mol. The summed E-state index contributed by atoms with van der Waals surface area (Å²) in [6.07, 6.45) is 1.68. The van der Waals surface area contributed by atoms with Crippen molar-refractivity contribution >= 4 is 10.0 Å². The fraction of sp³-hybridized carbons (Fsp3) is 0.667. The second-order valence-corrected chi connectivity index (χ2v) is 7.43. The highest BCUT2D eigenvalue weighted by atomic mass is 32.2. The van der Waals surface area contributed by atoms with E-state index >= 15 is 0 Å². The summed E-state index contributed by atoms with van der Waals surface area (Å²) >= 11 is 0. The van der Waals surface area contributed by atoms with Crippen LogP contribution in [0.15, 0.2) is 20.7 Å². The van der Waals surface area contributed by atoms with Crippen molar-refractivity contribution in [3.05, 3.63) is 27.0 Å². The number of aromatic nitrogens is 2. The molecule has 0 saturated carbocycles. The van der Waals surface area contributed by atoms with Gasteiger partial charge in [0.1, 0.15) is 0 Å². The number of fused-ring (bicyclic) bond motifs is 1. The van der Waals surface area contributed by atoms with Crippen molar-refractivity contribution in [1.29, 1.82) is 0 Å². The number of H-pyrrole nitrogens is 2. The summed E-state index contributed by atoms with van der Waals surface area (Å²) in [5.74, 6) is 0.568. The summed E-state index contributed by atoms with van der Waals surface area (Å²) in [7, 11) is -3.90. The van der Waals surface area contributed by atoms with Crippen LogP contribution in [0.4, 0.5) is 0 Å². The Balaban J connectivity index is 2.02. The molecule has 0 amide bonds. The highest BCUT2D eigenvalue weighted by molar-refractivity contribution is 7.89. The Morgan fingerprint density at radius 2 is 2.10 bits per heavy atom. The minimum absolute atomic E-state index is 0.110. The molecule has 2 saturated heterocycles. The molecule has 1 aromatic heterocycles. The van der Waals surface area contributed by atoms with Crippen LogP contribution >= 0.6 is 0 Å². The number of sulfonamides is 1. The Kier molecular flexibility index (Phi) is 3.50. The lowest BCUT2D eigenvalue weighted by Crippen LogP contribution is -2.42.